The molecule has 178 valence electrons. The second-order valence-corrected chi connectivity index (χ2v) is 9.22. The smallest absolute Gasteiger partial charge is 0.242 e. The first kappa shape index (κ1) is 21.3. The highest BCUT2D eigenvalue weighted by Gasteiger charge is 2.43. The Labute approximate surface area is 194 Å². The summed E-state index contributed by atoms with van der Waals surface area (Å²) >= 11 is 0. The van der Waals surface area contributed by atoms with Crippen LogP contribution in [0.4, 0.5) is 24.9 Å². The van der Waals surface area contributed by atoms with Gasteiger partial charge in [-0.05, 0) is 43.7 Å². The van der Waals surface area contributed by atoms with E-state index in [4.69, 9.17) is 4.74 Å². The van der Waals surface area contributed by atoms with E-state index in [0.29, 0.717) is 30.2 Å². The van der Waals surface area contributed by atoms with Crippen LogP contribution in [0.2, 0.25) is 0 Å². The molecule has 1 unspecified atom stereocenters. The Morgan fingerprint density at radius 1 is 1.06 bits per heavy atom. The Balaban J connectivity index is 1.22. The van der Waals surface area contributed by atoms with Gasteiger partial charge in [0.2, 0.25) is 5.95 Å². The summed E-state index contributed by atoms with van der Waals surface area (Å²) in [4.78, 5) is 15.5. The number of nitrogens with zero attached hydrogens (tertiary/aromatic N) is 6. The molecule has 0 amide bonds. The third kappa shape index (κ3) is 3.58. The van der Waals surface area contributed by atoms with Gasteiger partial charge in [0.15, 0.2) is 23.3 Å². The molecule has 3 aromatic rings. The average Bonchev–Trinajstić information content (AvgIpc) is 3.33. The number of rotatable bonds is 4. The first-order chi connectivity index (χ1) is 16.5. The Hall–Kier alpha value is -3.21. The fourth-order valence-electron chi connectivity index (χ4n) is 5.49. The zero-order chi connectivity index (χ0) is 23.4. The van der Waals surface area contributed by atoms with Gasteiger partial charge in [0.1, 0.15) is 18.2 Å². The zero-order valence-electron chi connectivity index (χ0n) is 18.6. The number of halogens is 3. The van der Waals surface area contributed by atoms with E-state index < -0.39 is 23.6 Å². The molecule has 1 saturated carbocycles. The van der Waals surface area contributed by atoms with Gasteiger partial charge in [0.25, 0.3) is 0 Å². The lowest BCUT2D eigenvalue weighted by atomic mass is 9.92. The minimum Gasteiger partial charge on any atom is -0.363 e. The molecule has 0 spiro atoms. The summed E-state index contributed by atoms with van der Waals surface area (Å²) in [6.45, 7) is 4.43. The minimum absolute atomic E-state index is 0.0904. The molecule has 6 rings (SSSR count). The Morgan fingerprint density at radius 2 is 1.85 bits per heavy atom. The summed E-state index contributed by atoms with van der Waals surface area (Å²) in [5.41, 5.74) is 0.854. The van der Waals surface area contributed by atoms with Crippen molar-refractivity contribution in [1.82, 2.24) is 24.7 Å². The average molecular weight is 471 g/mol. The van der Waals surface area contributed by atoms with Crippen LogP contribution in [0.1, 0.15) is 36.0 Å². The lowest BCUT2D eigenvalue weighted by Gasteiger charge is -2.38. The van der Waals surface area contributed by atoms with Crippen LogP contribution in [0, 0.1) is 36.2 Å². The van der Waals surface area contributed by atoms with Gasteiger partial charge in [0, 0.05) is 36.5 Å². The number of benzene rings is 1. The van der Waals surface area contributed by atoms with Crippen molar-refractivity contribution in [1.29, 1.82) is 0 Å². The predicted molar refractivity (Wildman–Crippen MR) is 117 cm³/mol. The van der Waals surface area contributed by atoms with E-state index in [2.05, 4.69) is 30.3 Å². The fraction of sp³-hybridized carbons (Fsp3) is 0.478. The first-order valence-corrected chi connectivity index (χ1v) is 11.5. The molecule has 2 aliphatic heterocycles. The Bertz CT molecular complexity index is 1220. The van der Waals surface area contributed by atoms with E-state index in [1.165, 1.54) is 6.07 Å². The third-order valence-electron chi connectivity index (χ3n) is 7.11. The molecule has 4 heterocycles. The van der Waals surface area contributed by atoms with E-state index in [-0.39, 0.29) is 18.2 Å². The van der Waals surface area contributed by atoms with Gasteiger partial charge >= 0.3 is 0 Å². The van der Waals surface area contributed by atoms with Crippen LogP contribution >= 0.6 is 0 Å². The van der Waals surface area contributed by atoms with Gasteiger partial charge in [0.05, 0.1) is 13.2 Å². The van der Waals surface area contributed by atoms with Crippen LogP contribution in [-0.2, 0) is 11.3 Å². The van der Waals surface area contributed by atoms with E-state index >= 15 is 0 Å². The number of aryl methyl sites for hydroxylation is 1. The zero-order valence-corrected chi connectivity index (χ0v) is 18.6. The van der Waals surface area contributed by atoms with Gasteiger partial charge in [-0.2, -0.15) is 4.98 Å². The molecule has 2 fully saturated rings. The normalized spacial score (nSPS) is 25.9. The topological polar surface area (TPSA) is 81.0 Å². The van der Waals surface area contributed by atoms with Gasteiger partial charge in [-0.1, -0.05) is 0 Å². The molecular formula is C23H24F3N7O. The summed E-state index contributed by atoms with van der Waals surface area (Å²) in [5, 5.41) is 8.07. The van der Waals surface area contributed by atoms with E-state index in [1.807, 2.05) is 13.0 Å². The van der Waals surface area contributed by atoms with Crippen molar-refractivity contribution in [3.05, 3.63) is 59.1 Å². The maximum atomic E-state index is 14.5. The molecule has 2 aromatic heterocycles. The number of hydrogen-bond acceptors (Lipinski definition) is 7. The van der Waals surface area contributed by atoms with Gasteiger partial charge in [-0.15, -0.1) is 5.10 Å². The highest BCUT2D eigenvalue weighted by molar-refractivity contribution is 5.42. The van der Waals surface area contributed by atoms with Gasteiger partial charge < -0.3 is 15.0 Å². The lowest BCUT2D eigenvalue weighted by Crippen LogP contribution is -2.48. The number of anilines is 2. The molecule has 1 N–H and O–H groups in total. The molecule has 0 radical (unpaired) electrons. The summed E-state index contributed by atoms with van der Waals surface area (Å²) < 4.78 is 49.0. The Morgan fingerprint density at radius 3 is 2.62 bits per heavy atom. The molecule has 2 bridgehead atoms. The van der Waals surface area contributed by atoms with Crippen LogP contribution in [0.3, 0.4) is 0 Å². The monoisotopic (exact) mass is 471 g/mol. The highest BCUT2D eigenvalue weighted by atomic mass is 19.2. The van der Waals surface area contributed by atoms with Crippen molar-refractivity contribution in [2.24, 2.45) is 11.8 Å². The molecular weight excluding hydrogens is 447 g/mol. The number of ether oxygens (including phenoxy) is 1. The van der Waals surface area contributed by atoms with E-state index in [0.717, 1.165) is 43.5 Å². The van der Waals surface area contributed by atoms with Crippen molar-refractivity contribution in [3.8, 4) is 0 Å². The summed E-state index contributed by atoms with van der Waals surface area (Å²) in [6.07, 6.45) is 2.85. The summed E-state index contributed by atoms with van der Waals surface area (Å²) in [7, 11) is 0. The minimum atomic E-state index is -1.52. The van der Waals surface area contributed by atoms with Crippen molar-refractivity contribution < 1.29 is 17.9 Å². The number of aromatic nitrogens is 5. The molecule has 8 nitrogen and oxygen atoms in total. The van der Waals surface area contributed by atoms with Crippen LogP contribution in [0.15, 0.2) is 24.5 Å². The van der Waals surface area contributed by atoms with Crippen LogP contribution in [0.25, 0.3) is 0 Å². The van der Waals surface area contributed by atoms with Crippen LogP contribution in [-0.4, -0.2) is 50.5 Å². The summed E-state index contributed by atoms with van der Waals surface area (Å²) in [6, 6.07) is 4.31. The van der Waals surface area contributed by atoms with Gasteiger partial charge in [-0.3, -0.25) is 0 Å². The lowest BCUT2D eigenvalue weighted by molar-refractivity contribution is 0.0364. The third-order valence-corrected chi connectivity index (χ3v) is 7.11. The molecule has 11 heteroatoms. The maximum Gasteiger partial charge on any atom is 0.242 e. The second kappa shape index (κ2) is 8.23. The number of hydrogen-bond donors (Lipinski definition) is 1. The molecule has 34 heavy (non-hydrogen) atoms. The standard InChI is InChI=1S/C23H24F3N7O/c1-12-8-17(28-11-27-12)32-9-13-2-3-14(10-32)20(13)29-23-30-22-21(34-7-6-33(22)31-23)15-4-5-16(24)19(26)18(15)25/h4-5,8,11,13-14,20-21H,2-3,6-7,9-10H2,1H3,(H,29,31)/t13-,14+,20?,21-/m0/s1. The highest BCUT2D eigenvalue weighted by Crippen LogP contribution is 2.40. The molecule has 1 aromatic carbocycles. The number of piperidine rings is 1. The molecule has 1 aliphatic carbocycles. The van der Waals surface area contributed by atoms with Crippen LogP contribution in [0.5, 0.6) is 0 Å². The quantitative estimate of drug-likeness (QED) is 0.585. The maximum absolute atomic E-state index is 14.5. The van der Waals surface area contributed by atoms with Crippen molar-refractivity contribution in [3.63, 3.8) is 0 Å². The second-order valence-electron chi connectivity index (χ2n) is 9.22. The van der Waals surface area contributed by atoms with Crippen molar-refractivity contribution in [2.45, 2.75) is 38.5 Å². The SMILES string of the molecule is Cc1cc(N2C[C@H]3CC[C@@H](C2)C3Nc2nc3n(n2)CCO[C@H]3c2ccc(F)c(F)c2F)ncn1. The summed E-state index contributed by atoms with van der Waals surface area (Å²) in [5.74, 6) is -1.43. The van der Waals surface area contributed by atoms with Crippen molar-refractivity contribution >= 4 is 11.8 Å². The van der Waals surface area contributed by atoms with Gasteiger partial charge in [-0.25, -0.2) is 27.8 Å². The number of nitrogens with one attached hydrogen (secondary N) is 1. The van der Waals surface area contributed by atoms with Crippen molar-refractivity contribution in [2.75, 3.05) is 29.9 Å². The first-order valence-electron chi connectivity index (χ1n) is 11.5. The fourth-order valence-corrected chi connectivity index (χ4v) is 5.49. The van der Waals surface area contributed by atoms with E-state index in [9.17, 15) is 13.2 Å². The Kier molecular flexibility index (Phi) is 5.16. The van der Waals surface area contributed by atoms with E-state index in [1.54, 1.807) is 11.0 Å². The van der Waals surface area contributed by atoms with Crippen LogP contribution < -0.4 is 10.2 Å². The predicted octanol–water partition coefficient (Wildman–Crippen LogP) is 3.24. The molecule has 1 saturated heterocycles. The number of fused-ring (bicyclic) bond motifs is 3. The molecule has 3 aliphatic rings. The molecule has 4 atom stereocenters. The largest absolute Gasteiger partial charge is 0.363 e.